The average Bonchev–Trinajstić information content (AvgIpc) is 2.22. The summed E-state index contributed by atoms with van der Waals surface area (Å²) in [6.45, 7) is 11.7. The minimum absolute atomic E-state index is 0.524. The predicted octanol–water partition coefficient (Wildman–Crippen LogP) is 3.47. The molecule has 0 atom stereocenters. The second kappa shape index (κ2) is 7.59. The molecule has 0 saturated carbocycles. The van der Waals surface area contributed by atoms with Gasteiger partial charge in [0.1, 0.15) is 0 Å². The van der Waals surface area contributed by atoms with E-state index in [2.05, 4.69) is 0 Å². The van der Waals surface area contributed by atoms with Crippen molar-refractivity contribution < 1.29 is 23.7 Å². The van der Waals surface area contributed by atoms with Crippen molar-refractivity contribution in [3.05, 3.63) is 0 Å². The Balaban J connectivity index is 4.16. The van der Waals surface area contributed by atoms with Gasteiger partial charge in [0.25, 0.3) is 0 Å². The maximum Gasteiger partial charge on any atom is 0.513 e. The summed E-state index contributed by atoms with van der Waals surface area (Å²) in [5.41, 5.74) is 0. The summed E-state index contributed by atoms with van der Waals surface area (Å²) in [5.74, 6) is -1.98. The van der Waals surface area contributed by atoms with Crippen molar-refractivity contribution in [1.82, 2.24) is 0 Å². The summed E-state index contributed by atoms with van der Waals surface area (Å²) < 4.78 is 20.9. The standard InChI is InChI=1S/C13H26O5/c1-7-9-15-12(3,4)17-11(14)18-13(5,6)16-10-8-2/h7-10H2,1-6H3. The minimum Gasteiger partial charge on any atom is -0.402 e. The molecule has 0 saturated heterocycles. The van der Waals surface area contributed by atoms with Gasteiger partial charge < -0.3 is 18.9 Å². The molecular formula is C13H26O5. The van der Waals surface area contributed by atoms with Crippen LogP contribution in [0.25, 0.3) is 0 Å². The second-order valence-corrected chi connectivity index (χ2v) is 4.95. The molecule has 0 aromatic heterocycles. The minimum atomic E-state index is -0.992. The Labute approximate surface area is 110 Å². The number of hydrogen-bond acceptors (Lipinski definition) is 5. The summed E-state index contributed by atoms with van der Waals surface area (Å²) >= 11 is 0. The van der Waals surface area contributed by atoms with Gasteiger partial charge in [-0.2, -0.15) is 0 Å². The number of hydrogen-bond donors (Lipinski definition) is 0. The van der Waals surface area contributed by atoms with Crippen LogP contribution < -0.4 is 0 Å². The fourth-order valence-corrected chi connectivity index (χ4v) is 1.18. The third-order valence-corrected chi connectivity index (χ3v) is 1.97. The second-order valence-electron chi connectivity index (χ2n) is 4.95. The van der Waals surface area contributed by atoms with Crippen LogP contribution in [-0.4, -0.2) is 30.9 Å². The van der Waals surface area contributed by atoms with Crippen LogP contribution in [0.1, 0.15) is 54.4 Å². The zero-order valence-corrected chi connectivity index (χ0v) is 12.4. The van der Waals surface area contributed by atoms with Crippen LogP contribution in [0.3, 0.4) is 0 Å². The number of carbonyl (C=O) groups excluding carboxylic acids is 1. The Bertz CT molecular complexity index is 224. The molecule has 0 bridgehead atoms. The SMILES string of the molecule is CCCOC(C)(C)OC(=O)OC(C)(C)OCCC. The van der Waals surface area contributed by atoms with Crippen LogP contribution in [0.4, 0.5) is 4.79 Å². The van der Waals surface area contributed by atoms with Gasteiger partial charge in [-0.1, -0.05) is 13.8 Å². The van der Waals surface area contributed by atoms with Crippen LogP contribution in [0.2, 0.25) is 0 Å². The first-order chi connectivity index (χ1) is 8.22. The molecule has 0 amide bonds. The molecule has 5 heteroatoms. The van der Waals surface area contributed by atoms with Crippen molar-refractivity contribution in [2.24, 2.45) is 0 Å². The highest BCUT2D eigenvalue weighted by molar-refractivity contribution is 5.60. The van der Waals surface area contributed by atoms with Crippen molar-refractivity contribution >= 4 is 6.16 Å². The normalized spacial score (nSPS) is 12.3. The van der Waals surface area contributed by atoms with Gasteiger partial charge in [0, 0.05) is 27.7 Å². The Morgan fingerprint density at radius 2 is 1.17 bits per heavy atom. The van der Waals surface area contributed by atoms with Gasteiger partial charge >= 0.3 is 6.16 Å². The van der Waals surface area contributed by atoms with Gasteiger partial charge in [-0.3, -0.25) is 0 Å². The number of carbonyl (C=O) groups is 1. The van der Waals surface area contributed by atoms with Crippen molar-refractivity contribution in [3.8, 4) is 0 Å². The zero-order chi connectivity index (χ0) is 14.2. The van der Waals surface area contributed by atoms with Crippen molar-refractivity contribution in [3.63, 3.8) is 0 Å². The Morgan fingerprint density at radius 3 is 1.44 bits per heavy atom. The predicted molar refractivity (Wildman–Crippen MR) is 68.2 cm³/mol. The molecule has 108 valence electrons. The van der Waals surface area contributed by atoms with E-state index in [-0.39, 0.29) is 0 Å². The van der Waals surface area contributed by atoms with Gasteiger partial charge in [0.15, 0.2) is 0 Å². The highest BCUT2D eigenvalue weighted by atomic mass is 16.8. The monoisotopic (exact) mass is 262 g/mol. The third-order valence-electron chi connectivity index (χ3n) is 1.97. The van der Waals surface area contributed by atoms with Gasteiger partial charge in [-0.25, -0.2) is 4.79 Å². The lowest BCUT2D eigenvalue weighted by Crippen LogP contribution is -2.37. The largest absolute Gasteiger partial charge is 0.513 e. The maximum atomic E-state index is 11.6. The van der Waals surface area contributed by atoms with Crippen molar-refractivity contribution in [2.45, 2.75) is 66.0 Å². The molecule has 0 spiro atoms. The number of ether oxygens (including phenoxy) is 4. The fraction of sp³-hybridized carbons (Fsp3) is 0.923. The molecule has 0 fully saturated rings. The summed E-state index contributed by atoms with van der Waals surface area (Å²) in [4.78, 5) is 11.6. The van der Waals surface area contributed by atoms with E-state index in [1.54, 1.807) is 27.7 Å². The molecule has 18 heavy (non-hydrogen) atoms. The molecule has 0 aliphatic heterocycles. The van der Waals surface area contributed by atoms with E-state index in [1.165, 1.54) is 0 Å². The van der Waals surface area contributed by atoms with Gasteiger partial charge in [0.05, 0.1) is 13.2 Å². The maximum absolute atomic E-state index is 11.6. The third kappa shape index (κ3) is 8.31. The van der Waals surface area contributed by atoms with E-state index in [4.69, 9.17) is 18.9 Å². The molecule has 0 N–H and O–H groups in total. The average molecular weight is 262 g/mol. The van der Waals surface area contributed by atoms with Crippen molar-refractivity contribution in [2.75, 3.05) is 13.2 Å². The highest BCUT2D eigenvalue weighted by Crippen LogP contribution is 2.17. The summed E-state index contributed by atoms with van der Waals surface area (Å²) in [7, 11) is 0. The Kier molecular flexibility index (Phi) is 7.25. The van der Waals surface area contributed by atoms with E-state index >= 15 is 0 Å². The van der Waals surface area contributed by atoms with Crippen LogP contribution in [0.5, 0.6) is 0 Å². The fourth-order valence-electron chi connectivity index (χ4n) is 1.18. The first-order valence-electron chi connectivity index (χ1n) is 6.42. The van der Waals surface area contributed by atoms with Crippen LogP contribution in [-0.2, 0) is 18.9 Å². The molecule has 0 aromatic carbocycles. The molecule has 5 nitrogen and oxygen atoms in total. The molecule has 0 heterocycles. The lowest BCUT2D eigenvalue weighted by molar-refractivity contribution is -0.230. The van der Waals surface area contributed by atoms with E-state index in [1.807, 2.05) is 13.8 Å². The van der Waals surface area contributed by atoms with Gasteiger partial charge in [-0.15, -0.1) is 0 Å². The molecule has 0 rings (SSSR count). The highest BCUT2D eigenvalue weighted by Gasteiger charge is 2.29. The summed E-state index contributed by atoms with van der Waals surface area (Å²) in [5, 5.41) is 0. The van der Waals surface area contributed by atoms with E-state index in [0.29, 0.717) is 13.2 Å². The summed E-state index contributed by atoms with van der Waals surface area (Å²) in [6, 6.07) is 0. The molecule has 0 unspecified atom stereocenters. The lowest BCUT2D eigenvalue weighted by Gasteiger charge is -2.29. The molecule has 0 aromatic rings. The lowest BCUT2D eigenvalue weighted by atomic mass is 10.3. The van der Waals surface area contributed by atoms with Crippen molar-refractivity contribution in [1.29, 1.82) is 0 Å². The van der Waals surface area contributed by atoms with Crippen LogP contribution in [0.15, 0.2) is 0 Å². The molecule has 0 radical (unpaired) electrons. The topological polar surface area (TPSA) is 54.0 Å². The van der Waals surface area contributed by atoms with Gasteiger partial charge in [0.2, 0.25) is 11.6 Å². The Morgan fingerprint density at radius 1 is 0.833 bits per heavy atom. The summed E-state index contributed by atoms with van der Waals surface area (Å²) in [6.07, 6.45) is 0.914. The molecular weight excluding hydrogens is 236 g/mol. The van der Waals surface area contributed by atoms with Crippen LogP contribution in [0, 0.1) is 0 Å². The van der Waals surface area contributed by atoms with E-state index in [0.717, 1.165) is 12.8 Å². The first-order valence-corrected chi connectivity index (χ1v) is 6.42. The Hall–Kier alpha value is -0.810. The smallest absolute Gasteiger partial charge is 0.402 e. The molecule has 0 aliphatic rings. The van der Waals surface area contributed by atoms with Crippen LogP contribution >= 0.6 is 0 Å². The first kappa shape index (κ1) is 17.2. The van der Waals surface area contributed by atoms with E-state index in [9.17, 15) is 4.79 Å². The van der Waals surface area contributed by atoms with Gasteiger partial charge in [-0.05, 0) is 12.8 Å². The molecule has 0 aliphatic carbocycles. The quantitative estimate of drug-likeness (QED) is 0.495. The number of rotatable bonds is 8. The van der Waals surface area contributed by atoms with E-state index < -0.39 is 17.7 Å². The zero-order valence-electron chi connectivity index (χ0n) is 12.4.